The second-order valence-corrected chi connectivity index (χ2v) is 2.96. The number of aromatic hydroxyl groups is 2. The van der Waals surface area contributed by atoms with Crippen LogP contribution in [0.2, 0.25) is 0 Å². The average molecular weight is 220 g/mol. The molecule has 0 fully saturated rings. The Hall–Kier alpha value is -2.57. The number of amides is 1. The molecule has 1 amide bonds. The summed E-state index contributed by atoms with van der Waals surface area (Å²) in [6.45, 7) is 0. The van der Waals surface area contributed by atoms with Gasteiger partial charge in [-0.05, 0) is 12.1 Å². The molecule has 2 aromatic rings. The molecule has 0 saturated heterocycles. The van der Waals surface area contributed by atoms with Crippen LogP contribution in [-0.2, 0) is 0 Å². The molecule has 7 heteroatoms. The number of aromatic amines is 1. The summed E-state index contributed by atoms with van der Waals surface area (Å²) in [5, 5.41) is 27.1. The molecule has 1 aromatic carbocycles. The number of carbonyl (C=O) groups is 1. The van der Waals surface area contributed by atoms with Crippen LogP contribution < -0.4 is 5.32 Å². The molecule has 0 radical (unpaired) electrons. The van der Waals surface area contributed by atoms with E-state index >= 15 is 0 Å². The van der Waals surface area contributed by atoms with E-state index in [1.807, 2.05) is 0 Å². The van der Waals surface area contributed by atoms with Crippen molar-refractivity contribution in [1.82, 2.24) is 15.2 Å². The van der Waals surface area contributed by atoms with Crippen LogP contribution in [0.1, 0.15) is 10.4 Å². The summed E-state index contributed by atoms with van der Waals surface area (Å²) < 4.78 is 0. The average Bonchev–Trinajstić information content (AvgIpc) is 2.70. The topological polar surface area (TPSA) is 111 Å². The lowest BCUT2D eigenvalue weighted by Crippen LogP contribution is -2.13. The van der Waals surface area contributed by atoms with E-state index in [1.165, 1.54) is 24.5 Å². The maximum Gasteiger partial charge on any atom is 0.265 e. The van der Waals surface area contributed by atoms with E-state index < -0.39 is 5.91 Å². The zero-order chi connectivity index (χ0) is 11.5. The van der Waals surface area contributed by atoms with E-state index in [-0.39, 0.29) is 23.0 Å². The van der Waals surface area contributed by atoms with Crippen molar-refractivity contribution in [2.45, 2.75) is 0 Å². The first-order valence-corrected chi connectivity index (χ1v) is 4.36. The number of phenolic OH excluding ortho intramolecular Hbond substituents is 2. The maximum absolute atomic E-state index is 11.6. The molecule has 0 bridgehead atoms. The summed E-state index contributed by atoms with van der Waals surface area (Å²) in [4.78, 5) is 15.3. The Balaban J connectivity index is 2.28. The van der Waals surface area contributed by atoms with Crippen molar-refractivity contribution in [2.75, 3.05) is 5.32 Å². The van der Waals surface area contributed by atoms with Gasteiger partial charge in [0.25, 0.3) is 5.91 Å². The van der Waals surface area contributed by atoms with Gasteiger partial charge < -0.3 is 10.2 Å². The number of rotatable bonds is 2. The standard InChI is InChI=1S/C9H8N4O3/c14-5-2-1-3-6(15)7(5)8(16)12-9-10-4-11-13-9/h1-4,14-15H,(H2,10,11,12,13,16). The highest BCUT2D eigenvalue weighted by Gasteiger charge is 2.16. The van der Waals surface area contributed by atoms with Crippen LogP contribution in [0, 0.1) is 0 Å². The van der Waals surface area contributed by atoms with Gasteiger partial charge in [-0.2, -0.15) is 10.1 Å². The molecule has 0 aliphatic carbocycles. The van der Waals surface area contributed by atoms with Gasteiger partial charge in [0, 0.05) is 0 Å². The molecule has 0 saturated carbocycles. The maximum atomic E-state index is 11.6. The van der Waals surface area contributed by atoms with E-state index in [1.54, 1.807) is 0 Å². The molecule has 7 nitrogen and oxygen atoms in total. The quantitative estimate of drug-likeness (QED) is 0.587. The minimum absolute atomic E-state index is 0.132. The van der Waals surface area contributed by atoms with Crippen LogP contribution in [0.25, 0.3) is 0 Å². The number of carbonyl (C=O) groups excluding carboxylic acids is 1. The number of anilines is 1. The number of benzene rings is 1. The molecule has 0 aliphatic rings. The first kappa shape index (κ1) is 9.97. The molecule has 82 valence electrons. The SMILES string of the molecule is O=C(Nc1ncn[nH]1)c1c(O)cccc1O. The summed E-state index contributed by atoms with van der Waals surface area (Å²) in [6.07, 6.45) is 1.22. The third-order valence-electron chi connectivity index (χ3n) is 1.89. The highest BCUT2D eigenvalue weighted by atomic mass is 16.3. The van der Waals surface area contributed by atoms with E-state index in [4.69, 9.17) is 0 Å². The van der Waals surface area contributed by atoms with Crippen molar-refractivity contribution < 1.29 is 15.0 Å². The number of nitrogens with zero attached hydrogens (tertiary/aromatic N) is 2. The molecule has 2 rings (SSSR count). The fourth-order valence-corrected chi connectivity index (χ4v) is 1.20. The summed E-state index contributed by atoms with van der Waals surface area (Å²) in [6, 6.07) is 4.03. The molecule has 1 aromatic heterocycles. The van der Waals surface area contributed by atoms with Crippen molar-refractivity contribution in [2.24, 2.45) is 0 Å². The van der Waals surface area contributed by atoms with Crippen molar-refractivity contribution in [1.29, 1.82) is 0 Å². The van der Waals surface area contributed by atoms with E-state index in [2.05, 4.69) is 20.5 Å². The lowest BCUT2D eigenvalue weighted by atomic mass is 10.1. The molecular formula is C9H8N4O3. The van der Waals surface area contributed by atoms with Gasteiger partial charge in [0.1, 0.15) is 23.4 Å². The van der Waals surface area contributed by atoms with Crippen molar-refractivity contribution in [3.8, 4) is 11.5 Å². The lowest BCUT2D eigenvalue weighted by Gasteiger charge is -2.05. The van der Waals surface area contributed by atoms with E-state index in [0.717, 1.165) is 0 Å². The summed E-state index contributed by atoms with van der Waals surface area (Å²) in [7, 11) is 0. The number of hydrogen-bond donors (Lipinski definition) is 4. The molecular weight excluding hydrogens is 212 g/mol. The summed E-state index contributed by atoms with van der Waals surface area (Å²) >= 11 is 0. The number of H-pyrrole nitrogens is 1. The predicted molar refractivity (Wildman–Crippen MR) is 54.1 cm³/mol. The highest BCUT2D eigenvalue weighted by molar-refractivity contribution is 6.07. The first-order valence-electron chi connectivity index (χ1n) is 4.36. The second-order valence-electron chi connectivity index (χ2n) is 2.96. The van der Waals surface area contributed by atoms with Gasteiger partial charge in [0.05, 0.1) is 0 Å². The normalized spacial score (nSPS) is 10.0. The van der Waals surface area contributed by atoms with Gasteiger partial charge in [-0.25, -0.2) is 5.10 Å². The third kappa shape index (κ3) is 1.78. The van der Waals surface area contributed by atoms with Gasteiger partial charge in [0.2, 0.25) is 5.95 Å². The fraction of sp³-hybridized carbons (Fsp3) is 0. The van der Waals surface area contributed by atoms with Crippen molar-refractivity contribution in [3.05, 3.63) is 30.1 Å². The predicted octanol–water partition coefficient (Wildman–Crippen LogP) is 0.468. The molecule has 0 aliphatic heterocycles. The number of aromatic nitrogens is 3. The minimum atomic E-state index is -0.674. The van der Waals surface area contributed by atoms with Gasteiger partial charge in [-0.1, -0.05) is 6.07 Å². The Kier molecular flexibility index (Phi) is 2.42. The molecule has 0 atom stereocenters. The molecule has 1 heterocycles. The Morgan fingerprint density at radius 1 is 1.31 bits per heavy atom. The highest BCUT2D eigenvalue weighted by Crippen LogP contribution is 2.26. The van der Waals surface area contributed by atoms with E-state index in [9.17, 15) is 15.0 Å². The zero-order valence-corrected chi connectivity index (χ0v) is 8.01. The van der Waals surface area contributed by atoms with Crippen LogP contribution in [0.4, 0.5) is 5.95 Å². The second kappa shape index (κ2) is 3.89. The molecule has 0 spiro atoms. The van der Waals surface area contributed by atoms with Gasteiger partial charge in [0.15, 0.2) is 0 Å². The monoisotopic (exact) mass is 220 g/mol. The Morgan fingerprint density at radius 2 is 2.00 bits per heavy atom. The Bertz CT molecular complexity index is 489. The Labute approximate surface area is 89.8 Å². The van der Waals surface area contributed by atoms with Crippen LogP contribution in [0.3, 0.4) is 0 Å². The van der Waals surface area contributed by atoms with Crippen LogP contribution in [-0.4, -0.2) is 31.3 Å². The number of phenols is 2. The smallest absolute Gasteiger partial charge is 0.265 e. The third-order valence-corrected chi connectivity index (χ3v) is 1.89. The van der Waals surface area contributed by atoms with Crippen molar-refractivity contribution >= 4 is 11.9 Å². The van der Waals surface area contributed by atoms with Crippen LogP contribution >= 0.6 is 0 Å². The van der Waals surface area contributed by atoms with Crippen LogP contribution in [0.15, 0.2) is 24.5 Å². The largest absolute Gasteiger partial charge is 0.507 e. The van der Waals surface area contributed by atoms with Gasteiger partial charge >= 0.3 is 0 Å². The van der Waals surface area contributed by atoms with Gasteiger partial charge in [-0.15, -0.1) is 0 Å². The summed E-state index contributed by atoms with van der Waals surface area (Å²) in [5.74, 6) is -1.16. The number of hydrogen-bond acceptors (Lipinski definition) is 5. The van der Waals surface area contributed by atoms with E-state index in [0.29, 0.717) is 0 Å². The zero-order valence-electron chi connectivity index (χ0n) is 8.01. The lowest BCUT2D eigenvalue weighted by molar-refractivity contribution is 0.102. The number of nitrogens with one attached hydrogen (secondary N) is 2. The molecule has 4 N–H and O–H groups in total. The summed E-state index contributed by atoms with van der Waals surface area (Å²) in [5.41, 5.74) is -0.209. The van der Waals surface area contributed by atoms with Crippen molar-refractivity contribution in [3.63, 3.8) is 0 Å². The van der Waals surface area contributed by atoms with Gasteiger partial charge in [-0.3, -0.25) is 10.1 Å². The molecule has 16 heavy (non-hydrogen) atoms. The molecule has 0 unspecified atom stereocenters. The van der Waals surface area contributed by atoms with Crippen LogP contribution in [0.5, 0.6) is 11.5 Å². The fourth-order valence-electron chi connectivity index (χ4n) is 1.20. The minimum Gasteiger partial charge on any atom is -0.507 e. The first-order chi connectivity index (χ1) is 7.68. The Morgan fingerprint density at radius 3 is 2.56 bits per heavy atom.